The average molecular weight is 314 g/mol. The molecule has 0 aliphatic carbocycles. The lowest BCUT2D eigenvalue weighted by Gasteiger charge is -2.02. The highest BCUT2D eigenvalue weighted by molar-refractivity contribution is 6.03. The predicted molar refractivity (Wildman–Crippen MR) is 87.6 cm³/mol. The topological polar surface area (TPSA) is 108 Å². The highest BCUT2D eigenvalue weighted by Gasteiger charge is 2.17. The summed E-state index contributed by atoms with van der Waals surface area (Å²) < 4.78 is 1.81. The van der Waals surface area contributed by atoms with Crippen LogP contribution in [-0.4, -0.2) is 24.3 Å². The summed E-state index contributed by atoms with van der Waals surface area (Å²) in [7, 11) is 0. The first kappa shape index (κ1) is 14.0. The Kier molecular flexibility index (Phi) is 3.26. The lowest BCUT2D eigenvalue weighted by molar-refractivity contribution is 1.12. The Hall–Kier alpha value is -2.93. The van der Waals surface area contributed by atoms with E-state index < -0.39 is 0 Å². The number of hydrogen-bond acceptors (Lipinski definition) is 6. The van der Waals surface area contributed by atoms with Crippen molar-refractivity contribution in [2.24, 2.45) is 0 Å². The van der Waals surface area contributed by atoms with Crippen molar-refractivity contribution >= 4 is 40.9 Å². The van der Waals surface area contributed by atoms with Crippen molar-refractivity contribution < 1.29 is 0 Å². The van der Waals surface area contributed by atoms with Crippen LogP contribution in [0.5, 0.6) is 0 Å². The molecule has 0 atom stereocenters. The second-order valence-corrected chi connectivity index (χ2v) is 4.57. The van der Waals surface area contributed by atoms with Gasteiger partial charge in [0, 0.05) is 29.5 Å². The molecule has 7 nitrogen and oxygen atoms in total. The molecule has 0 amide bonds. The molecular weight excluding hydrogens is 302 g/mol. The molecule has 110 valence electrons. The third-order valence-electron chi connectivity index (χ3n) is 3.36. The van der Waals surface area contributed by atoms with Gasteiger partial charge in [0.25, 0.3) is 0 Å². The number of aromatic nitrogens is 5. The van der Waals surface area contributed by atoms with E-state index in [4.69, 9.17) is 11.5 Å². The minimum atomic E-state index is 0. The first-order chi connectivity index (χ1) is 10.3. The highest BCUT2D eigenvalue weighted by atomic mass is 35.5. The lowest BCUT2D eigenvalue weighted by atomic mass is 10.1. The third-order valence-corrected chi connectivity index (χ3v) is 3.36. The molecule has 22 heavy (non-hydrogen) atoms. The van der Waals surface area contributed by atoms with E-state index in [9.17, 15) is 0 Å². The lowest BCUT2D eigenvalue weighted by Crippen LogP contribution is -2.00. The van der Waals surface area contributed by atoms with Crippen LogP contribution in [0.15, 0.2) is 42.9 Å². The molecule has 4 aromatic rings. The number of pyridine rings is 1. The van der Waals surface area contributed by atoms with Gasteiger partial charge in [0.1, 0.15) is 5.65 Å². The number of halogens is 1. The van der Waals surface area contributed by atoms with Gasteiger partial charge in [-0.25, -0.2) is 19.9 Å². The third kappa shape index (κ3) is 1.91. The van der Waals surface area contributed by atoms with Crippen LogP contribution in [0.4, 0.5) is 11.9 Å². The minimum absolute atomic E-state index is 0. The maximum absolute atomic E-state index is 6.00. The van der Waals surface area contributed by atoms with Crippen LogP contribution in [0.1, 0.15) is 0 Å². The Morgan fingerprint density at radius 3 is 2.55 bits per heavy atom. The molecule has 0 bridgehead atoms. The Morgan fingerprint density at radius 1 is 0.909 bits per heavy atom. The number of hydrogen-bond donors (Lipinski definition) is 2. The fourth-order valence-electron chi connectivity index (χ4n) is 2.55. The standard InChI is InChI=1S/C14H11N7.ClH/c15-13-18-6-3-9(20-13)11-8-2-1-5-17-12(8)21-10(11)4-7-19-14(21)16;/h1-7H,(H2,16,19)(H2,15,18,20);1H. The van der Waals surface area contributed by atoms with Crippen molar-refractivity contribution in [2.45, 2.75) is 0 Å². The summed E-state index contributed by atoms with van der Waals surface area (Å²) in [5.41, 5.74) is 15.0. The van der Waals surface area contributed by atoms with Crippen LogP contribution in [0.2, 0.25) is 0 Å². The van der Waals surface area contributed by atoms with Crippen molar-refractivity contribution in [1.82, 2.24) is 24.3 Å². The molecule has 0 saturated carbocycles. The van der Waals surface area contributed by atoms with Crippen LogP contribution in [-0.2, 0) is 0 Å². The second-order valence-electron chi connectivity index (χ2n) is 4.57. The van der Waals surface area contributed by atoms with Gasteiger partial charge in [0.2, 0.25) is 11.9 Å². The normalized spacial score (nSPS) is 10.7. The summed E-state index contributed by atoms with van der Waals surface area (Å²) in [6, 6.07) is 7.54. The molecule has 4 aromatic heterocycles. The SMILES string of the molecule is Cl.Nc1nccc(-c2c3cccnc3n3c(N)nccc23)n1. The van der Waals surface area contributed by atoms with E-state index >= 15 is 0 Å². The van der Waals surface area contributed by atoms with E-state index in [1.165, 1.54) is 0 Å². The molecule has 0 spiro atoms. The van der Waals surface area contributed by atoms with Gasteiger partial charge in [-0.15, -0.1) is 12.4 Å². The van der Waals surface area contributed by atoms with Gasteiger partial charge in [-0.1, -0.05) is 0 Å². The Labute approximate surface area is 131 Å². The second kappa shape index (κ2) is 5.12. The van der Waals surface area contributed by atoms with Gasteiger partial charge in [-0.2, -0.15) is 0 Å². The Morgan fingerprint density at radius 2 is 1.73 bits per heavy atom. The number of nitrogens with zero attached hydrogens (tertiary/aromatic N) is 5. The maximum Gasteiger partial charge on any atom is 0.220 e. The van der Waals surface area contributed by atoms with Crippen LogP contribution in [0, 0.1) is 0 Å². The number of nitrogens with two attached hydrogens (primary N) is 2. The van der Waals surface area contributed by atoms with E-state index in [-0.39, 0.29) is 18.4 Å². The smallest absolute Gasteiger partial charge is 0.220 e. The van der Waals surface area contributed by atoms with Crippen molar-refractivity contribution in [3.05, 3.63) is 42.9 Å². The summed E-state index contributed by atoms with van der Waals surface area (Å²) in [6.45, 7) is 0. The van der Waals surface area contributed by atoms with Gasteiger partial charge in [0.05, 0.1) is 11.2 Å². The quantitative estimate of drug-likeness (QED) is 0.556. The summed E-state index contributed by atoms with van der Waals surface area (Å²) in [4.78, 5) is 16.8. The zero-order valence-corrected chi connectivity index (χ0v) is 12.2. The first-order valence-electron chi connectivity index (χ1n) is 6.34. The molecular formula is C14H12ClN7. The summed E-state index contributed by atoms with van der Waals surface area (Å²) >= 11 is 0. The van der Waals surface area contributed by atoms with E-state index in [1.807, 2.05) is 28.7 Å². The van der Waals surface area contributed by atoms with Crippen LogP contribution >= 0.6 is 12.4 Å². The molecule has 0 aliphatic rings. The Balaban J connectivity index is 0.00000144. The fraction of sp³-hybridized carbons (Fsp3) is 0. The van der Waals surface area contributed by atoms with Gasteiger partial charge in [-0.3, -0.25) is 4.40 Å². The van der Waals surface area contributed by atoms with Crippen molar-refractivity contribution in [3.63, 3.8) is 0 Å². The molecule has 0 radical (unpaired) electrons. The zero-order chi connectivity index (χ0) is 14.4. The van der Waals surface area contributed by atoms with Gasteiger partial charge >= 0.3 is 0 Å². The molecule has 0 unspecified atom stereocenters. The van der Waals surface area contributed by atoms with Crippen molar-refractivity contribution in [3.8, 4) is 11.3 Å². The summed E-state index contributed by atoms with van der Waals surface area (Å²) in [5, 5.41) is 0.940. The number of nitrogen functional groups attached to an aromatic ring is 2. The van der Waals surface area contributed by atoms with E-state index in [0.29, 0.717) is 5.95 Å². The highest BCUT2D eigenvalue weighted by Crippen LogP contribution is 2.34. The number of fused-ring (bicyclic) bond motifs is 3. The average Bonchev–Trinajstić information content (AvgIpc) is 2.83. The maximum atomic E-state index is 6.00. The van der Waals surface area contributed by atoms with Crippen molar-refractivity contribution in [2.75, 3.05) is 11.5 Å². The molecule has 0 aliphatic heterocycles. The van der Waals surface area contributed by atoms with Gasteiger partial charge in [0.15, 0.2) is 0 Å². The van der Waals surface area contributed by atoms with Gasteiger partial charge in [-0.05, 0) is 24.3 Å². The van der Waals surface area contributed by atoms with Crippen molar-refractivity contribution in [1.29, 1.82) is 0 Å². The molecule has 8 heteroatoms. The molecule has 4 rings (SSSR count). The predicted octanol–water partition coefficient (Wildman–Crippen LogP) is 1.93. The number of rotatable bonds is 1. The Bertz CT molecular complexity index is 979. The van der Waals surface area contributed by atoms with E-state index in [0.717, 1.165) is 27.8 Å². The minimum Gasteiger partial charge on any atom is -0.369 e. The van der Waals surface area contributed by atoms with Crippen LogP contribution in [0.3, 0.4) is 0 Å². The molecule has 0 aromatic carbocycles. The first-order valence-corrected chi connectivity index (χ1v) is 6.34. The largest absolute Gasteiger partial charge is 0.369 e. The van der Waals surface area contributed by atoms with Crippen LogP contribution in [0.25, 0.3) is 27.8 Å². The zero-order valence-electron chi connectivity index (χ0n) is 11.3. The molecule has 0 fully saturated rings. The monoisotopic (exact) mass is 313 g/mol. The molecule has 4 N–H and O–H groups in total. The van der Waals surface area contributed by atoms with Crippen LogP contribution < -0.4 is 11.5 Å². The van der Waals surface area contributed by atoms with Gasteiger partial charge < -0.3 is 11.5 Å². The van der Waals surface area contributed by atoms with E-state index in [2.05, 4.69) is 19.9 Å². The molecule has 0 saturated heterocycles. The van der Waals surface area contributed by atoms with E-state index in [1.54, 1.807) is 18.6 Å². The summed E-state index contributed by atoms with van der Waals surface area (Å²) in [5.74, 6) is 0.607. The molecule has 4 heterocycles. The summed E-state index contributed by atoms with van der Waals surface area (Å²) in [6.07, 6.45) is 5.02. The number of anilines is 2. The fourth-order valence-corrected chi connectivity index (χ4v) is 2.55.